The smallest absolute Gasteiger partial charge is 0.101 e. The van der Waals surface area contributed by atoms with Crippen molar-refractivity contribution < 1.29 is 0 Å². The van der Waals surface area contributed by atoms with E-state index in [1.54, 1.807) is 0 Å². The van der Waals surface area contributed by atoms with E-state index < -0.39 is 0 Å². The molecule has 1 aromatic carbocycles. The summed E-state index contributed by atoms with van der Waals surface area (Å²) in [4.78, 5) is 0.799. The number of hydrogen-bond acceptors (Lipinski definition) is 2. The highest BCUT2D eigenvalue weighted by Gasteiger charge is 2.03. The summed E-state index contributed by atoms with van der Waals surface area (Å²) in [6, 6.07) is 6.04. The highest BCUT2D eigenvalue weighted by Crippen LogP contribution is 2.20. The molecule has 0 aromatic heterocycles. The minimum absolute atomic E-state index is 0.688. The summed E-state index contributed by atoms with van der Waals surface area (Å²) in [7, 11) is 0. The highest BCUT2D eigenvalue weighted by atomic mass is 32.1. The molecule has 0 aliphatic carbocycles. The van der Waals surface area contributed by atoms with Gasteiger partial charge in [-0.05, 0) is 25.0 Å². The highest BCUT2D eigenvalue weighted by molar-refractivity contribution is 7.80. The zero-order valence-electron chi connectivity index (χ0n) is 6.55. The molecule has 0 unspecified atom stereocenters. The Morgan fingerprint density at radius 2 is 1.82 bits per heavy atom. The van der Waals surface area contributed by atoms with Crippen molar-refractivity contribution >= 4 is 12.6 Å². The van der Waals surface area contributed by atoms with Gasteiger partial charge in [0, 0.05) is 4.90 Å². The molecular formula is C9H9NS. The third-order valence-corrected chi connectivity index (χ3v) is 2.28. The van der Waals surface area contributed by atoms with E-state index in [4.69, 9.17) is 5.26 Å². The largest absolute Gasteiger partial charge is 0.192 e. The lowest BCUT2D eigenvalue weighted by Gasteiger charge is -2.02. The molecule has 0 aliphatic rings. The molecule has 0 spiro atoms. The second-order valence-corrected chi connectivity index (χ2v) is 2.98. The molecule has 0 bridgehead atoms. The molecule has 0 heterocycles. The van der Waals surface area contributed by atoms with E-state index in [-0.39, 0.29) is 0 Å². The SMILES string of the molecule is Cc1ccc(C)c(C#N)c1S. The number of rotatable bonds is 0. The molecule has 0 aliphatic heterocycles. The number of hydrogen-bond donors (Lipinski definition) is 1. The monoisotopic (exact) mass is 163 g/mol. The lowest BCUT2D eigenvalue weighted by molar-refractivity contribution is 1.23. The van der Waals surface area contributed by atoms with Crippen LogP contribution in [0.25, 0.3) is 0 Å². The summed E-state index contributed by atoms with van der Waals surface area (Å²) in [5.74, 6) is 0. The maximum atomic E-state index is 8.72. The Morgan fingerprint density at radius 3 is 2.27 bits per heavy atom. The van der Waals surface area contributed by atoms with Crippen molar-refractivity contribution in [2.75, 3.05) is 0 Å². The molecule has 0 amide bonds. The van der Waals surface area contributed by atoms with Crippen LogP contribution in [0.4, 0.5) is 0 Å². The van der Waals surface area contributed by atoms with E-state index >= 15 is 0 Å². The van der Waals surface area contributed by atoms with E-state index in [9.17, 15) is 0 Å². The van der Waals surface area contributed by atoms with Crippen LogP contribution in [0.3, 0.4) is 0 Å². The van der Waals surface area contributed by atoms with Crippen LogP contribution < -0.4 is 0 Å². The van der Waals surface area contributed by atoms with Crippen molar-refractivity contribution in [3.63, 3.8) is 0 Å². The Morgan fingerprint density at radius 1 is 1.27 bits per heavy atom. The maximum absolute atomic E-state index is 8.72. The first-order valence-electron chi connectivity index (χ1n) is 3.36. The van der Waals surface area contributed by atoms with Crippen molar-refractivity contribution in [2.45, 2.75) is 18.7 Å². The zero-order chi connectivity index (χ0) is 8.43. The average molecular weight is 163 g/mol. The van der Waals surface area contributed by atoms with Crippen LogP contribution in [0.1, 0.15) is 16.7 Å². The van der Waals surface area contributed by atoms with E-state index in [0.29, 0.717) is 5.56 Å². The van der Waals surface area contributed by atoms with Gasteiger partial charge in [0.05, 0.1) is 5.56 Å². The molecule has 2 heteroatoms. The van der Waals surface area contributed by atoms with Crippen LogP contribution in [0.2, 0.25) is 0 Å². The summed E-state index contributed by atoms with van der Waals surface area (Å²) in [5.41, 5.74) is 2.73. The molecule has 0 radical (unpaired) electrons. The van der Waals surface area contributed by atoms with E-state index in [1.807, 2.05) is 26.0 Å². The minimum atomic E-state index is 0.688. The Balaban J connectivity index is 3.44. The Bertz CT molecular complexity index is 323. The number of benzene rings is 1. The first-order chi connectivity index (χ1) is 5.16. The van der Waals surface area contributed by atoms with E-state index in [2.05, 4.69) is 18.7 Å². The van der Waals surface area contributed by atoms with Gasteiger partial charge in [0.25, 0.3) is 0 Å². The molecule has 1 rings (SSSR count). The van der Waals surface area contributed by atoms with Gasteiger partial charge in [-0.25, -0.2) is 0 Å². The van der Waals surface area contributed by atoms with Crippen LogP contribution in [-0.4, -0.2) is 0 Å². The number of nitriles is 1. The second-order valence-electron chi connectivity index (χ2n) is 2.53. The molecule has 1 aromatic rings. The number of nitrogens with zero attached hydrogens (tertiary/aromatic N) is 1. The topological polar surface area (TPSA) is 23.8 Å². The van der Waals surface area contributed by atoms with Crippen molar-refractivity contribution in [2.24, 2.45) is 0 Å². The lowest BCUT2D eigenvalue weighted by Crippen LogP contribution is -1.87. The third kappa shape index (κ3) is 1.38. The van der Waals surface area contributed by atoms with Gasteiger partial charge in [0.2, 0.25) is 0 Å². The lowest BCUT2D eigenvalue weighted by atomic mass is 10.1. The van der Waals surface area contributed by atoms with Gasteiger partial charge in [-0.15, -0.1) is 12.6 Å². The predicted molar refractivity (Wildman–Crippen MR) is 47.9 cm³/mol. The fraction of sp³-hybridized carbons (Fsp3) is 0.222. The molecule has 0 saturated heterocycles. The van der Waals surface area contributed by atoms with Gasteiger partial charge in [-0.1, -0.05) is 12.1 Å². The van der Waals surface area contributed by atoms with Crippen LogP contribution in [0.15, 0.2) is 17.0 Å². The first kappa shape index (κ1) is 8.16. The van der Waals surface area contributed by atoms with Gasteiger partial charge in [-0.2, -0.15) is 5.26 Å². The number of aryl methyl sites for hydroxylation is 2. The van der Waals surface area contributed by atoms with Gasteiger partial charge < -0.3 is 0 Å². The quantitative estimate of drug-likeness (QED) is 0.583. The molecular weight excluding hydrogens is 154 g/mol. The summed E-state index contributed by atoms with van der Waals surface area (Å²) in [6.07, 6.45) is 0. The van der Waals surface area contributed by atoms with Gasteiger partial charge >= 0.3 is 0 Å². The third-order valence-electron chi connectivity index (χ3n) is 1.70. The average Bonchev–Trinajstić information content (AvgIpc) is 1.99. The summed E-state index contributed by atoms with van der Waals surface area (Å²) in [6.45, 7) is 3.86. The minimum Gasteiger partial charge on any atom is -0.192 e. The Hall–Kier alpha value is -0.940. The Kier molecular flexibility index (Phi) is 2.21. The van der Waals surface area contributed by atoms with E-state index in [1.165, 1.54) is 0 Å². The van der Waals surface area contributed by atoms with Gasteiger partial charge in [-0.3, -0.25) is 0 Å². The molecule has 0 N–H and O–H groups in total. The summed E-state index contributed by atoms with van der Waals surface area (Å²) in [5, 5.41) is 8.72. The standard InChI is InChI=1S/C9H9NS/c1-6-3-4-7(2)9(11)8(6)5-10/h3-4,11H,1-2H3. The summed E-state index contributed by atoms with van der Waals surface area (Å²) >= 11 is 4.24. The van der Waals surface area contributed by atoms with Crippen LogP contribution in [0, 0.1) is 25.2 Å². The van der Waals surface area contributed by atoms with Crippen molar-refractivity contribution in [3.05, 3.63) is 28.8 Å². The van der Waals surface area contributed by atoms with Crippen LogP contribution >= 0.6 is 12.6 Å². The van der Waals surface area contributed by atoms with Crippen molar-refractivity contribution in [1.82, 2.24) is 0 Å². The first-order valence-corrected chi connectivity index (χ1v) is 3.81. The van der Waals surface area contributed by atoms with Gasteiger partial charge in [0.1, 0.15) is 6.07 Å². The van der Waals surface area contributed by atoms with Crippen molar-refractivity contribution in [1.29, 1.82) is 5.26 Å². The maximum Gasteiger partial charge on any atom is 0.101 e. The summed E-state index contributed by atoms with van der Waals surface area (Å²) < 4.78 is 0. The second kappa shape index (κ2) is 2.98. The normalized spacial score (nSPS) is 9.27. The van der Waals surface area contributed by atoms with Gasteiger partial charge in [0.15, 0.2) is 0 Å². The molecule has 0 atom stereocenters. The van der Waals surface area contributed by atoms with Crippen molar-refractivity contribution in [3.8, 4) is 6.07 Å². The molecule has 0 saturated carbocycles. The number of thiol groups is 1. The predicted octanol–water partition coefficient (Wildman–Crippen LogP) is 2.46. The van der Waals surface area contributed by atoms with Crippen LogP contribution in [-0.2, 0) is 0 Å². The fourth-order valence-corrected chi connectivity index (χ4v) is 1.24. The fourth-order valence-electron chi connectivity index (χ4n) is 0.937. The van der Waals surface area contributed by atoms with E-state index in [0.717, 1.165) is 16.0 Å². The Labute approximate surface area is 72.1 Å². The molecule has 0 fully saturated rings. The van der Waals surface area contributed by atoms with Crippen LogP contribution in [0.5, 0.6) is 0 Å². The zero-order valence-corrected chi connectivity index (χ0v) is 7.44. The molecule has 11 heavy (non-hydrogen) atoms. The molecule has 1 nitrogen and oxygen atoms in total. The molecule has 56 valence electrons.